The smallest absolute Gasteiger partial charge is 0.243 e. The summed E-state index contributed by atoms with van der Waals surface area (Å²) in [5.41, 5.74) is 10.3. The van der Waals surface area contributed by atoms with Gasteiger partial charge in [0.15, 0.2) is 5.65 Å². The van der Waals surface area contributed by atoms with E-state index in [0.717, 1.165) is 54.2 Å². The fourth-order valence-corrected chi connectivity index (χ4v) is 4.49. The van der Waals surface area contributed by atoms with Crippen LogP contribution in [0.1, 0.15) is 25.3 Å². The third kappa shape index (κ3) is 4.93. The number of carbonyl (C=O) groups excluding carboxylic acids is 1. The molecule has 3 heterocycles. The number of nitrogens with one attached hydrogen (secondary N) is 1. The Bertz CT molecular complexity index is 1310. The average molecular weight is 474 g/mol. The fourth-order valence-electron chi connectivity index (χ4n) is 4.49. The molecule has 0 radical (unpaired) electrons. The molecular formula is C25H27N7O3. The number of hydrogen-bond donors (Lipinski definition) is 3. The molecule has 2 aromatic carbocycles. The molecule has 1 amide bonds. The molecule has 4 N–H and O–H groups in total. The summed E-state index contributed by atoms with van der Waals surface area (Å²) in [7, 11) is 0. The molecule has 1 fully saturated rings. The van der Waals surface area contributed by atoms with E-state index in [1.165, 1.54) is 6.33 Å². The Morgan fingerprint density at radius 1 is 1.11 bits per heavy atom. The molecule has 1 atom stereocenters. The summed E-state index contributed by atoms with van der Waals surface area (Å²) in [6.07, 6.45) is 3.35. The Kier molecular flexibility index (Phi) is 6.55. The number of likely N-dealkylation sites (tertiary alicyclic amines) is 1. The van der Waals surface area contributed by atoms with Crippen LogP contribution in [-0.4, -0.2) is 55.4 Å². The second-order valence-electron chi connectivity index (χ2n) is 8.57. The normalized spacial score (nSPS) is 16.0. The van der Waals surface area contributed by atoms with E-state index in [1.54, 1.807) is 5.48 Å². The Morgan fingerprint density at radius 2 is 1.89 bits per heavy atom. The number of benzene rings is 2. The lowest BCUT2D eigenvalue weighted by molar-refractivity contribution is -0.129. The van der Waals surface area contributed by atoms with Gasteiger partial charge in [0, 0.05) is 25.1 Å². The molecule has 0 saturated carbocycles. The van der Waals surface area contributed by atoms with Gasteiger partial charge in [-0.2, -0.15) is 5.10 Å². The van der Waals surface area contributed by atoms with Gasteiger partial charge in [0.1, 0.15) is 29.3 Å². The standard InChI is InChI=1S/C25H27N7O3/c26-24-22-23(17-8-10-20(11-9-17)35-19-5-2-1-3-6-19)29-32(25(22)28-16-27-24)18-12-14-31(15-18)13-4-7-21(33)30-34/h1-3,5-6,8-11,16,18,34H,4,7,12-15H2,(H,30,33)(H2,26,27,28). The van der Waals surface area contributed by atoms with Crippen molar-refractivity contribution in [2.75, 3.05) is 25.4 Å². The molecule has 2 aromatic heterocycles. The topological polar surface area (TPSA) is 131 Å². The van der Waals surface area contributed by atoms with E-state index in [1.807, 2.05) is 59.3 Å². The quantitative estimate of drug-likeness (QED) is 0.262. The number of carbonyl (C=O) groups is 1. The number of nitrogens with zero attached hydrogens (tertiary/aromatic N) is 5. The van der Waals surface area contributed by atoms with Crippen molar-refractivity contribution < 1.29 is 14.7 Å². The zero-order valence-corrected chi connectivity index (χ0v) is 19.2. The molecule has 0 spiro atoms. The highest BCUT2D eigenvalue weighted by molar-refractivity contribution is 5.98. The number of hydroxylamine groups is 1. The van der Waals surface area contributed by atoms with Crippen molar-refractivity contribution in [2.24, 2.45) is 0 Å². The minimum Gasteiger partial charge on any atom is -0.457 e. The highest BCUT2D eigenvalue weighted by atomic mass is 16.5. The molecule has 1 aliphatic heterocycles. The highest BCUT2D eigenvalue weighted by Crippen LogP contribution is 2.35. The van der Waals surface area contributed by atoms with E-state index in [4.69, 9.17) is 20.8 Å². The summed E-state index contributed by atoms with van der Waals surface area (Å²) in [5, 5.41) is 14.3. The summed E-state index contributed by atoms with van der Waals surface area (Å²) in [5.74, 6) is 1.53. The van der Waals surface area contributed by atoms with Crippen LogP contribution in [0.4, 0.5) is 5.82 Å². The van der Waals surface area contributed by atoms with Crippen molar-refractivity contribution in [2.45, 2.75) is 25.3 Å². The van der Waals surface area contributed by atoms with Crippen LogP contribution in [0.2, 0.25) is 0 Å². The zero-order valence-electron chi connectivity index (χ0n) is 19.2. The first-order valence-electron chi connectivity index (χ1n) is 11.6. The van der Waals surface area contributed by atoms with Crippen LogP contribution in [0.3, 0.4) is 0 Å². The van der Waals surface area contributed by atoms with Crippen molar-refractivity contribution in [3.63, 3.8) is 0 Å². The minimum atomic E-state index is -0.365. The van der Waals surface area contributed by atoms with Crippen LogP contribution in [0.5, 0.6) is 11.5 Å². The highest BCUT2D eigenvalue weighted by Gasteiger charge is 2.28. The predicted molar refractivity (Wildman–Crippen MR) is 131 cm³/mol. The number of nitrogen functional groups attached to an aromatic ring is 1. The minimum absolute atomic E-state index is 0.132. The number of rotatable bonds is 8. The van der Waals surface area contributed by atoms with Gasteiger partial charge in [0.2, 0.25) is 5.91 Å². The van der Waals surface area contributed by atoms with Crippen LogP contribution >= 0.6 is 0 Å². The first kappa shape index (κ1) is 22.8. The van der Waals surface area contributed by atoms with E-state index in [9.17, 15) is 4.79 Å². The van der Waals surface area contributed by atoms with Crippen LogP contribution in [0, 0.1) is 0 Å². The average Bonchev–Trinajstić information content (AvgIpc) is 3.51. The Balaban J connectivity index is 1.37. The number of aromatic nitrogens is 4. The predicted octanol–water partition coefficient (Wildman–Crippen LogP) is 3.40. The molecule has 0 aliphatic carbocycles. The van der Waals surface area contributed by atoms with Gasteiger partial charge >= 0.3 is 0 Å². The number of amides is 1. The molecule has 10 nitrogen and oxygen atoms in total. The number of fused-ring (bicyclic) bond motifs is 1. The van der Waals surface area contributed by atoms with E-state index < -0.39 is 0 Å². The summed E-state index contributed by atoms with van der Waals surface area (Å²) >= 11 is 0. The van der Waals surface area contributed by atoms with Crippen molar-refractivity contribution in [1.82, 2.24) is 30.1 Å². The van der Waals surface area contributed by atoms with Gasteiger partial charge in [0.05, 0.1) is 11.4 Å². The molecular weight excluding hydrogens is 446 g/mol. The van der Waals surface area contributed by atoms with E-state index >= 15 is 0 Å². The number of nitrogens with two attached hydrogens (primary N) is 1. The van der Waals surface area contributed by atoms with Crippen molar-refractivity contribution in [3.05, 3.63) is 60.9 Å². The first-order chi connectivity index (χ1) is 17.1. The number of para-hydroxylation sites is 1. The maximum absolute atomic E-state index is 11.3. The Morgan fingerprint density at radius 3 is 2.66 bits per heavy atom. The van der Waals surface area contributed by atoms with Crippen molar-refractivity contribution in [1.29, 1.82) is 0 Å². The molecule has 180 valence electrons. The molecule has 35 heavy (non-hydrogen) atoms. The number of anilines is 1. The second-order valence-corrected chi connectivity index (χ2v) is 8.57. The summed E-state index contributed by atoms with van der Waals surface area (Å²) in [4.78, 5) is 22.3. The number of hydrogen-bond acceptors (Lipinski definition) is 8. The van der Waals surface area contributed by atoms with E-state index in [2.05, 4.69) is 14.9 Å². The van der Waals surface area contributed by atoms with E-state index in [0.29, 0.717) is 24.3 Å². The lowest BCUT2D eigenvalue weighted by Gasteiger charge is -2.16. The second kappa shape index (κ2) is 10.1. The van der Waals surface area contributed by atoms with Gasteiger partial charge in [-0.25, -0.2) is 20.1 Å². The largest absolute Gasteiger partial charge is 0.457 e. The fraction of sp³-hybridized carbons (Fsp3) is 0.280. The maximum Gasteiger partial charge on any atom is 0.243 e. The SMILES string of the molecule is Nc1ncnc2c1c(-c1ccc(Oc3ccccc3)cc1)nn2C1CCN(CCCC(=O)NO)C1. The molecule has 4 aromatic rings. The molecule has 10 heteroatoms. The van der Waals surface area contributed by atoms with E-state index in [-0.39, 0.29) is 11.9 Å². The van der Waals surface area contributed by atoms with Gasteiger partial charge in [0.25, 0.3) is 0 Å². The zero-order chi connectivity index (χ0) is 24.2. The van der Waals surface area contributed by atoms with Crippen molar-refractivity contribution in [3.8, 4) is 22.8 Å². The molecule has 1 unspecified atom stereocenters. The molecule has 1 saturated heterocycles. The summed E-state index contributed by atoms with van der Waals surface area (Å²) in [6, 6.07) is 17.5. The van der Waals surface area contributed by atoms with Crippen LogP contribution in [0.25, 0.3) is 22.3 Å². The maximum atomic E-state index is 11.3. The van der Waals surface area contributed by atoms with Gasteiger partial charge in [-0.3, -0.25) is 10.0 Å². The van der Waals surface area contributed by atoms with Gasteiger partial charge < -0.3 is 15.4 Å². The van der Waals surface area contributed by atoms with Crippen LogP contribution in [-0.2, 0) is 4.79 Å². The lowest BCUT2D eigenvalue weighted by atomic mass is 10.1. The first-order valence-corrected chi connectivity index (χ1v) is 11.6. The molecule has 1 aliphatic rings. The van der Waals surface area contributed by atoms with Crippen LogP contribution < -0.4 is 16.0 Å². The lowest BCUT2D eigenvalue weighted by Crippen LogP contribution is -2.25. The summed E-state index contributed by atoms with van der Waals surface area (Å²) < 4.78 is 7.87. The van der Waals surface area contributed by atoms with Gasteiger partial charge in [-0.15, -0.1) is 0 Å². The van der Waals surface area contributed by atoms with Crippen LogP contribution in [0.15, 0.2) is 60.9 Å². The van der Waals surface area contributed by atoms with Gasteiger partial charge in [-0.05, 0) is 55.8 Å². The third-order valence-electron chi connectivity index (χ3n) is 6.22. The third-order valence-corrected chi connectivity index (χ3v) is 6.22. The Hall–Kier alpha value is -4.02. The number of ether oxygens (including phenoxy) is 1. The van der Waals surface area contributed by atoms with Gasteiger partial charge in [-0.1, -0.05) is 18.2 Å². The summed E-state index contributed by atoms with van der Waals surface area (Å²) in [6.45, 7) is 2.47. The monoisotopic (exact) mass is 473 g/mol. The Labute approximate surface area is 202 Å². The molecule has 0 bridgehead atoms. The van der Waals surface area contributed by atoms with Crippen molar-refractivity contribution >= 4 is 22.8 Å². The molecule has 5 rings (SSSR count).